The molecular weight excluding hydrogens is 344 g/mol. The number of ether oxygens (including phenoxy) is 1. The molecule has 0 saturated carbocycles. The number of rotatable bonds is 6. The van der Waals surface area contributed by atoms with Gasteiger partial charge in [-0.3, -0.25) is 14.7 Å². The number of aromatic amines is 1. The lowest BCUT2D eigenvalue weighted by molar-refractivity contribution is -0.144. The molecule has 0 saturated heterocycles. The number of hydrogen-bond acceptors (Lipinski definition) is 5. The van der Waals surface area contributed by atoms with Gasteiger partial charge in [0.25, 0.3) is 0 Å². The van der Waals surface area contributed by atoms with Crippen LogP contribution >= 0.6 is 0 Å². The van der Waals surface area contributed by atoms with Gasteiger partial charge in [0.05, 0.1) is 23.4 Å². The van der Waals surface area contributed by atoms with Crippen LogP contribution in [0.5, 0.6) is 5.75 Å². The maximum atomic E-state index is 11.7. The summed E-state index contributed by atoms with van der Waals surface area (Å²) in [5.41, 5.74) is 3.74. The van der Waals surface area contributed by atoms with Crippen molar-refractivity contribution in [1.82, 2.24) is 19.9 Å². The quantitative estimate of drug-likeness (QED) is 0.698. The number of nitrogens with zero attached hydrogens (tertiary/aromatic N) is 3. The topological polar surface area (TPSA) is 91.3 Å². The van der Waals surface area contributed by atoms with Crippen LogP contribution < -0.4 is 4.74 Å². The van der Waals surface area contributed by atoms with Crippen molar-refractivity contribution in [1.29, 1.82) is 0 Å². The van der Waals surface area contributed by atoms with Crippen molar-refractivity contribution in [3.05, 3.63) is 77.6 Å². The zero-order valence-electron chi connectivity index (χ0n) is 14.7. The molecule has 0 aliphatic carbocycles. The molecule has 1 aliphatic heterocycles. The fraction of sp³-hybridized carbons (Fsp3) is 0.250. The van der Waals surface area contributed by atoms with Gasteiger partial charge in [-0.25, -0.2) is 4.98 Å². The second kappa shape index (κ2) is 7.59. The average molecular weight is 364 g/mol. The first-order valence-electron chi connectivity index (χ1n) is 8.78. The molecule has 0 bridgehead atoms. The first-order chi connectivity index (χ1) is 13.2. The number of H-pyrrole nitrogens is 1. The van der Waals surface area contributed by atoms with Crippen LogP contribution in [0.1, 0.15) is 22.6 Å². The van der Waals surface area contributed by atoms with Crippen molar-refractivity contribution >= 4 is 5.97 Å². The smallest absolute Gasteiger partial charge is 0.321 e. The summed E-state index contributed by atoms with van der Waals surface area (Å²) in [5.74, 6) is -0.0624. The molecule has 1 aliphatic rings. The van der Waals surface area contributed by atoms with Crippen LogP contribution in [0, 0.1) is 0 Å². The molecule has 0 spiro atoms. The molecule has 4 rings (SSSR count). The number of carboxylic acids is 1. The van der Waals surface area contributed by atoms with Crippen molar-refractivity contribution in [2.45, 2.75) is 32.2 Å². The van der Waals surface area contributed by atoms with E-state index in [2.05, 4.69) is 15.0 Å². The molecule has 27 heavy (non-hydrogen) atoms. The van der Waals surface area contributed by atoms with Gasteiger partial charge in [-0.2, -0.15) is 0 Å². The molecule has 0 amide bonds. The second-order valence-corrected chi connectivity index (χ2v) is 6.54. The van der Waals surface area contributed by atoms with Gasteiger partial charge in [-0.15, -0.1) is 0 Å². The van der Waals surface area contributed by atoms with Gasteiger partial charge in [0.1, 0.15) is 18.4 Å². The summed E-state index contributed by atoms with van der Waals surface area (Å²) >= 11 is 0. The Bertz CT molecular complexity index is 908. The predicted octanol–water partition coefficient (Wildman–Crippen LogP) is 2.40. The number of aromatic nitrogens is 3. The minimum Gasteiger partial charge on any atom is -0.487 e. The van der Waals surface area contributed by atoms with Crippen molar-refractivity contribution < 1.29 is 14.6 Å². The van der Waals surface area contributed by atoms with E-state index in [0.29, 0.717) is 26.1 Å². The molecule has 2 aromatic heterocycles. The third kappa shape index (κ3) is 3.98. The largest absolute Gasteiger partial charge is 0.487 e. The fourth-order valence-corrected chi connectivity index (χ4v) is 3.26. The van der Waals surface area contributed by atoms with Gasteiger partial charge in [-0.05, 0) is 29.8 Å². The fourth-order valence-electron chi connectivity index (χ4n) is 3.26. The van der Waals surface area contributed by atoms with E-state index < -0.39 is 12.0 Å². The van der Waals surface area contributed by atoms with Gasteiger partial charge in [0, 0.05) is 25.7 Å². The van der Waals surface area contributed by atoms with Crippen LogP contribution in [-0.4, -0.2) is 37.0 Å². The van der Waals surface area contributed by atoms with E-state index in [-0.39, 0.29) is 0 Å². The van der Waals surface area contributed by atoms with Crippen LogP contribution in [0.25, 0.3) is 0 Å². The molecule has 1 atom stereocenters. The zero-order valence-corrected chi connectivity index (χ0v) is 14.7. The molecule has 1 aromatic carbocycles. The summed E-state index contributed by atoms with van der Waals surface area (Å²) < 4.78 is 5.75. The van der Waals surface area contributed by atoms with E-state index >= 15 is 0 Å². The van der Waals surface area contributed by atoms with E-state index in [1.54, 1.807) is 12.5 Å². The Balaban J connectivity index is 1.41. The Morgan fingerprint density at radius 1 is 1.22 bits per heavy atom. The van der Waals surface area contributed by atoms with Crippen LogP contribution in [-0.2, 0) is 30.9 Å². The Morgan fingerprint density at radius 3 is 2.81 bits per heavy atom. The second-order valence-electron chi connectivity index (χ2n) is 6.54. The molecule has 0 fully saturated rings. The molecule has 138 valence electrons. The lowest BCUT2D eigenvalue weighted by atomic mass is 10.0. The Morgan fingerprint density at radius 2 is 2.07 bits per heavy atom. The highest BCUT2D eigenvalue weighted by atomic mass is 16.5. The van der Waals surface area contributed by atoms with E-state index in [4.69, 9.17) is 4.74 Å². The summed E-state index contributed by atoms with van der Waals surface area (Å²) in [5, 5.41) is 9.57. The van der Waals surface area contributed by atoms with E-state index in [0.717, 1.165) is 28.4 Å². The standard InChI is InChI=1S/C20H20N4O3/c25-20(26)19-9-17-18(23-13-22-17)11-24(19)10-14-4-6-16(7-5-14)27-12-15-3-1-2-8-21-15/h1-8,13,19H,9-12H2,(H,22,23)(H,25,26)/t19-/m1/s1. The predicted molar refractivity (Wildman–Crippen MR) is 98.0 cm³/mol. The minimum absolute atomic E-state index is 0.413. The third-order valence-electron chi connectivity index (χ3n) is 4.70. The summed E-state index contributed by atoms with van der Waals surface area (Å²) in [4.78, 5) is 25.2. The first kappa shape index (κ1) is 17.2. The normalized spacial score (nSPS) is 16.7. The van der Waals surface area contributed by atoms with Crippen molar-refractivity contribution in [3.63, 3.8) is 0 Å². The highest BCUT2D eigenvalue weighted by Gasteiger charge is 2.32. The summed E-state index contributed by atoms with van der Waals surface area (Å²) in [7, 11) is 0. The highest BCUT2D eigenvalue weighted by Crippen LogP contribution is 2.23. The van der Waals surface area contributed by atoms with Crippen molar-refractivity contribution in [2.75, 3.05) is 0 Å². The molecular formula is C20H20N4O3. The maximum absolute atomic E-state index is 11.7. The van der Waals surface area contributed by atoms with Crippen LogP contribution in [0.2, 0.25) is 0 Å². The highest BCUT2D eigenvalue weighted by molar-refractivity contribution is 5.74. The number of imidazole rings is 1. The number of fused-ring (bicyclic) bond motifs is 1. The number of pyridine rings is 1. The number of hydrogen-bond donors (Lipinski definition) is 2. The molecule has 2 N–H and O–H groups in total. The van der Waals surface area contributed by atoms with Crippen LogP contribution in [0.4, 0.5) is 0 Å². The lowest BCUT2D eigenvalue weighted by Crippen LogP contribution is -2.45. The molecule has 0 radical (unpaired) electrons. The van der Waals surface area contributed by atoms with E-state index in [9.17, 15) is 9.90 Å². The lowest BCUT2D eigenvalue weighted by Gasteiger charge is -2.32. The van der Waals surface area contributed by atoms with Crippen LogP contribution in [0.15, 0.2) is 55.0 Å². The van der Waals surface area contributed by atoms with E-state index in [1.807, 2.05) is 47.4 Å². The molecule has 3 aromatic rings. The Hall–Kier alpha value is -3.19. The van der Waals surface area contributed by atoms with Gasteiger partial charge in [0.15, 0.2) is 0 Å². The van der Waals surface area contributed by atoms with Gasteiger partial charge < -0.3 is 14.8 Å². The summed E-state index contributed by atoms with van der Waals surface area (Å²) in [6.45, 7) is 1.51. The zero-order chi connectivity index (χ0) is 18.6. The van der Waals surface area contributed by atoms with Gasteiger partial charge >= 0.3 is 5.97 Å². The SMILES string of the molecule is O=C(O)[C@H]1Cc2nc[nH]c2CN1Cc1ccc(OCc2ccccn2)cc1. The first-order valence-corrected chi connectivity index (χ1v) is 8.78. The van der Waals surface area contributed by atoms with Crippen molar-refractivity contribution in [2.24, 2.45) is 0 Å². The Labute approximate surface area is 156 Å². The maximum Gasteiger partial charge on any atom is 0.321 e. The number of benzene rings is 1. The van der Waals surface area contributed by atoms with Gasteiger partial charge in [0.2, 0.25) is 0 Å². The minimum atomic E-state index is -0.820. The van der Waals surface area contributed by atoms with Crippen molar-refractivity contribution in [3.8, 4) is 5.75 Å². The van der Waals surface area contributed by atoms with Crippen LogP contribution in [0.3, 0.4) is 0 Å². The average Bonchev–Trinajstić information content (AvgIpc) is 3.15. The molecule has 0 unspecified atom stereocenters. The number of aliphatic carboxylic acids is 1. The monoisotopic (exact) mass is 364 g/mol. The van der Waals surface area contributed by atoms with E-state index in [1.165, 1.54) is 0 Å². The number of carbonyl (C=O) groups is 1. The summed E-state index contributed by atoms with van der Waals surface area (Å²) in [6, 6.07) is 12.9. The molecule has 3 heterocycles. The number of nitrogens with one attached hydrogen (secondary N) is 1. The molecule has 7 nitrogen and oxygen atoms in total. The Kier molecular flexibility index (Phi) is 4.84. The number of carboxylic acid groups (broad SMARTS) is 1. The third-order valence-corrected chi connectivity index (χ3v) is 4.70. The summed E-state index contributed by atoms with van der Waals surface area (Å²) in [6.07, 6.45) is 3.78. The molecule has 7 heteroatoms. The van der Waals surface area contributed by atoms with Gasteiger partial charge in [-0.1, -0.05) is 18.2 Å².